The Balaban J connectivity index is 1.84. The maximum atomic E-state index is 5.67. The predicted octanol–water partition coefficient (Wildman–Crippen LogP) is 2.81. The first kappa shape index (κ1) is 11.9. The van der Waals surface area contributed by atoms with Crippen LogP contribution in [0.25, 0.3) is 0 Å². The first-order valence-electron chi connectivity index (χ1n) is 5.65. The van der Waals surface area contributed by atoms with Crippen LogP contribution in [0.1, 0.15) is 11.3 Å². The van der Waals surface area contributed by atoms with Gasteiger partial charge in [0.15, 0.2) is 0 Å². The first-order valence-corrected chi connectivity index (χ1v) is 5.65. The van der Waals surface area contributed by atoms with Crippen LogP contribution in [0, 0.1) is 0 Å². The standard InChI is InChI=1S/C14H17NO2/c1-16-12-15-9-5-8-14(15)11-17-10-13-6-3-2-4-7-13/h2-9H,10-12H2,1H3. The minimum Gasteiger partial charge on any atom is -0.371 e. The molecule has 0 saturated carbocycles. The molecule has 1 aromatic carbocycles. The van der Waals surface area contributed by atoms with Gasteiger partial charge in [0.25, 0.3) is 0 Å². The molecule has 0 aliphatic heterocycles. The first-order chi connectivity index (χ1) is 8.40. The van der Waals surface area contributed by atoms with Gasteiger partial charge in [0, 0.05) is 19.0 Å². The highest BCUT2D eigenvalue weighted by molar-refractivity contribution is 5.13. The van der Waals surface area contributed by atoms with Crippen molar-refractivity contribution in [2.75, 3.05) is 7.11 Å². The van der Waals surface area contributed by atoms with Crippen molar-refractivity contribution in [3.63, 3.8) is 0 Å². The molecule has 3 heteroatoms. The predicted molar refractivity (Wildman–Crippen MR) is 66.4 cm³/mol. The zero-order valence-electron chi connectivity index (χ0n) is 10.0. The molecule has 0 unspecified atom stereocenters. The van der Waals surface area contributed by atoms with Crippen LogP contribution in [0.2, 0.25) is 0 Å². The molecule has 90 valence electrons. The second kappa shape index (κ2) is 6.23. The lowest BCUT2D eigenvalue weighted by molar-refractivity contribution is 0.0876. The summed E-state index contributed by atoms with van der Waals surface area (Å²) >= 11 is 0. The van der Waals surface area contributed by atoms with E-state index in [4.69, 9.17) is 9.47 Å². The highest BCUT2D eigenvalue weighted by Crippen LogP contribution is 2.07. The average molecular weight is 231 g/mol. The fraction of sp³-hybridized carbons (Fsp3) is 0.286. The molecule has 2 rings (SSSR count). The van der Waals surface area contributed by atoms with E-state index in [2.05, 4.69) is 12.1 Å². The Morgan fingerprint density at radius 1 is 1.00 bits per heavy atom. The summed E-state index contributed by atoms with van der Waals surface area (Å²) in [5.41, 5.74) is 2.32. The quantitative estimate of drug-likeness (QED) is 0.763. The zero-order valence-corrected chi connectivity index (χ0v) is 10.0. The van der Waals surface area contributed by atoms with Gasteiger partial charge in [-0.3, -0.25) is 0 Å². The molecule has 3 nitrogen and oxygen atoms in total. The maximum Gasteiger partial charge on any atom is 0.122 e. The summed E-state index contributed by atoms with van der Waals surface area (Å²) in [6.07, 6.45) is 1.99. The van der Waals surface area contributed by atoms with Gasteiger partial charge in [-0.2, -0.15) is 0 Å². The van der Waals surface area contributed by atoms with E-state index in [-0.39, 0.29) is 0 Å². The van der Waals surface area contributed by atoms with E-state index >= 15 is 0 Å². The molecule has 0 fully saturated rings. The third kappa shape index (κ3) is 3.44. The molecule has 0 amide bonds. The maximum absolute atomic E-state index is 5.67. The van der Waals surface area contributed by atoms with E-state index in [1.807, 2.05) is 41.1 Å². The van der Waals surface area contributed by atoms with E-state index in [1.54, 1.807) is 7.11 Å². The van der Waals surface area contributed by atoms with E-state index < -0.39 is 0 Å². The van der Waals surface area contributed by atoms with Gasteiger partial charge in [0.2, 0.25) is 0 Å². The van der Waals surface area contributed by atoms with Crippen molar-refractivity contribution in [1.82, 2.24) is 4.57 Å². The van der Waals surface area contributed by atoms with Crippen LogP contribution < -0.4 is 0 Å². The second-order valence-electron chi connectivity index (χ2n) is 3.87. The van der Waals surface area contributed by atoms with Gasteiger partial charge in [-0.15, -0.1) is 0 Å². The summed E-state index contributed by atoms with van der Waals surface area (Å²) in [5, 5.41) is 0. The van der Waals surface area contributed by atoms with Crippen LogP contribution >= 0.6 is 0 Å². The minimum absolute atomic E-state index is 0.566. The van der Waals surface area contributed by atoms with Gasteiger partial charge < -0.3 is 14.0 Å². The van der Waals surface area contributed by atoms with E-state index in [9.17, 15) is 0 Å². The summed E-state index contributed by atoms with van der Waals surface area (Å²) in [4.78, 5) is 0. The van der Waals surface area contributed by atoms with E-state index in [0.717, 1.165) is 5.69 Å². The molecule has 0 spiro atoms. The van der Waals surface area contributed by atoms with Crippen molar-refractivity contribution in [2.45, 2.75) is 19.9 Å². The molecular formula is C14H17NO2. The smallest absolute Gasteiger partial charge is 0.122 e. The topological polar surface area (TPSA) is 23.4 Å². The molecule has 0 radical (unpaired) electrons. The minimum atomic E-state index is 0.566. The highest BCUT2D eigenvalue weighted by Gasteiger charge is 2.00. The van der Waals surface area contributed by atoms with Crippen LogP contribution in [0.15, 0.2) is 48.7 Å². The van der Waals surface area contributed by atoms with Gasteiger partial charge in [0.1, 0.15) is 6.73 Å². The summed E-state index contributed by atoms with van der Waals surface area (Å²) in [6.45, 7) is 1.81. The Hall–Kier alpha value is -1.58. The Bertz CT molecular complexity index is 436. The van der Waals surface area contributed by atoms with Crippen LogP contribution in [0.3, 0.4) is 0 Å². The number of ether oxygens (including phenoxy) is 2. The SMILES string of the molecule is COCn1cccc1COCc1ccccc1. The molecule has 0 aliphatic carbocycles. The monoisotopic (exact) mass is 231 g/mol. The lowest BCUT2D eigenvalue weighted by atomic mass is 10.2. The lowest BCUT2D eigenvalue weighted by Crippen LogP contribution is -2.05. The third-order valence-corrected chi connectivity index (χ3v) is 2.55. The normalized spacial score (nSPS) is 10.6. The Kier molecular flexibility index (Phi) is 4.36. The van der Waals surface area contributed by atoms with Crippen molar-refractivity contribution in [1.29, 1.82) is 0 Å². The van der Waals surface area contributed by atoms with Crippen LogP contribution in [-0.4, -0.2) is 11.7 Å². The number of rotatable bonds is 6. The Morgan fingerprint density at radius 3 is 2.59 bits per heavy atom. The van der Waals surface area contributed by atoms with E-state index in [0.29, 0.717) is 19.9 Å². The fourth-order valence-electron chi connectivity index (χ4n) is 1.69. The largest absolute Gasteiger partial charge is 0.371 e. The van der Waals surface area contributed by atoms with Crippen molar-refractivity contribution in [2.24, 2.45) is 0 Å². The van der Waals surface area contributed by atoms with Gasteiger partial charge in [-0.25, -0.2) is 0 Å². The summed E-state index contributed by atoms with van der Waals surface area (Å²) in [5.74, 6) is 0. The van der Waals surface area contributed by atoms with E-state index in [1.165, 1.54) is 5.56 Å². The van der Waals surface area contributed by atoms with Crippen LogP contribution in [0.4, 0.5) is 0 Å². The molecule has 0 bridgehead atoms. The summed E-state index contributed by atoms with van der Waals surface area (Å²) in [7, 11) is 1.69. The fourth-order valence-corrected chi connectivity index (χ4v) is 1.69. The van der Waals surface area contributed by atoms with Crippen LogP contribution in [-0.2, 0) is 29.4 Å². The number of nitrogens with zero attached hydrogens (tertiary/aromatic N) is 1. The number of hydrogen-bond acceptors (Lipinski definition) is 2. The summed E-state index contributed by atoms with van der Waals surface area (Å²) < 4.78 is 12.8. The van der Waals surface area contributed by atoms with Crippen molar-refractivity contribution in [3.8, 4) is 0 Å². The Labute approximate surface area is 102 Å². The van der Waals surface area contributed by atoms with Crippen LogP contribution in [0.5, 0.6) is 0 Å². The molecule has 0 aliphatic rings. The van der Waals surface area contributed by atoms with Gasteiger partial charge >= 0.3 is 0 Å². The second-order valence-corrected chi connectivity index (χ2v) is 3.87. The van der Waals surface area contributed by atoms with Crippen molar-refractivity contribution < 1.29 is 9.47 Å². The van der Waals surface area contributed by atoms with Crippen molar-refractivity contribution >= 4 is 0 Å². The van der Waals surface area contributed by atoms with Gasteiger partial charge in [-0.05, 0) is 17.7 Å². The number of hydrogen-bond donors (Lipinski definition) is 0. The third-order valence-electron chi connectivity index (χ3n) is 2.55. The molecular weight excluding hydrogens is 214 g/mol. The molecule has 0 saturated heterocycles. The zero-order chi connectivity index (χ0) is 11.9. The molecule has 1 aromatic heterocycles. The number of benzene rings is 1. The molecule has 1 heterocycles. The van der Waals surface area contributed by atoms with Gasteiger partial charge in [0.05, 0.1) is 13.2 Å². The lowest BCUT2D eigenvalue weighted by Gasteiger charge is -2.08. The Morgan fingerprint density at radius 2 is 1.82 bits per heavy atom. The molecule has 0 N–H and O–H groups in total. The molecule has 0 atom stereocenters. The molecule has 2 aromatic rings. The average Bonchev–Trinajstić information content (AvgIpc) is 2.79. The highest BCUT2D eigenvalue weighted by atomic mass is 16.5. The van der Waals surface area contributed by atoms with Gasteiger partial charge in [-0.1, -0.05) is 30.3 Å². The number of aromatic nitrogens is 1. The summed E-state index contributed by atoms with van der Waals surface area (Å²) in [6, 6.07) is 14.2. The molecule has 17 heavy (non-hydrogen) atoms. The number of methoxy groups -OCH3 is 1. The van der Waals surface area contributed by atoms with Crippen molar-refractivity contribution in [3.05, 3.63) is 59.9 Å².